The van der Waals surface area contributed by atoms with Crippen molar-refractivity contribution in [2.75, 3.05) is 18.6 Å². The van der Waals surface area contributed by atoms with Crippen molar-refractivity contribution in [3.05, 3.63) is 80.5 Å². The molecule has 0 bridgehead atoms. The maximum absolute atomic E-state index is 13.3. The van der Waals surface area contributed by atoms with Crippen molar-refractivity contribution in [3.63, 3.8) is 0 Å². The standard InChI is InChI=1S/C23H22N2O6/c1-5-31-23(27)21-15(3)24(17-9-6-14(2)7-10-17)22(26)18(21)12-16-8-11-20(30-4)19(13-16)25(28)29/h6-13H,5H2,1-4H3/b18-12-. The quantitative estimate of drug-likeness (QED) is 0.300. The Morgan fingerprint density at radius 1 is 1.16 bits per heavy atom. The van der Waals surface area contributed by atoms with Gasteiger partial charge >= 0.3 is 11.7 Å². The average Bonchev–Trinajstić information content (AvgIpc) is 2.98. The van der Waals surface area contributed by atoms with Gasteiger partial charge in [0.15, 0.2) is 5.75 Å². The number of nitro groups is 1. The maximum Gasteiger partial charge on any atom is 0.340 e. The van der Waals surface area contributed by atoms with Gasteiger partial charge in [-0.25, -0.2) is 4.79 Å². The molecule has 31 heavy (non-hydrogen) atoms. The van der Waals surface area contributed by atoms with Crippen LogP contribution in [0.4, 0.5) is 11.4 Å². The summed E-state index contributed by atoms with van der Waals surface area (Å²) < 4.78 is 10.2. The van der Waals surface area contributed by atoms with Gasteiger partial charge in [-0.3, -0.25) is 19.8 Å². The number of aryl methyl sites for hydroxylation is 1. The number of ether oxygens (including phenoxy) is 2. The lowest BCUT2D eigenvalue weighted by Crippen LogP contribution is -2.24. The van der Waals surface area contributed by atoms with Gasteiger partial charge in [0.25, 0.3) is 5.91 Å². The molecular formula is C23H22N2O6. The number of benzene rings is 2. The molecule has 0 aliphatic carbocycles. The molecule has 0 atom stereocenters. The molecule has 0 fully saturated rings. The van der Waals surface area contributed by atoms with E-state index >= 15 is 0 Å². The Kier molecular flexibility index (Phi) is 6.20. The minimum Gasteiger partial charge on any atom is -0.490 e. The second-order valence-electron chi connectivity index (χ2n) is 6.90. The third-order valence-electron chi connectivity index (χ3n) is 4.88. The minimum absolute atomic E-state index is 0.100. The van der Waals surface area contributed by atoms with Crippen LogP contribution in [0.3, 0.4) is 0 Å². The van der Waals surface area contributed by atoms with Gasteiger partial charge in [-0.15, -0.1) is 0 Å². The Balaban J connectivity index is 2.14. The molecule has 2 aromatic carbocycles. The molecule has 0 saturated heterocycles. The zero-order valence-electron chi connectivity index (χ0n) is 17.7. The van der Waals surface area contributed by atoms with Crippen molar-refractivity contribution in [2.24, 2.45) is 0 Å². The number of carbonyl (C=O) groups excluding carboxylic acids is 2. The largest absolute Gasteiger partial charge is 0.490 e. The van der Waals surface area contributed by atoms with Gasteiger partial charge in [-0.2, -0.15) is 0 Å². The molecule has 1 amide bonds. The monoisotopic (exact) mass is 422 g/mol. The maximum atomic E-state index is 13.3. The molecule has 0 saturated carbocycles. The van der Waals surface area contributed by atoms with E-state index in [9.17, 15) is 19.7 Å². The highest BCUT2D eigenvalue weighted by molar-refractivity contribution is 6.23. The van der Waals surface area contributed by atoms with Crippen LogP contribution < -0.4 is 9.64 Å². The molecule has 0 aromatic heterocycles. The van der Waals surface area contributed by atoms with E-state index in [0.29, 0.717) is 16.9 Å². The number of carbonyl (C=O) groups is 2. The van der Waals surface area contributed by atoms with Gasteiger partial charge in [0.05, 0.1) is 29.8 Å². The summed E-state index contributed by atoms with van der Waals surface area (Å²) in [6.45, 7) is 5.43. The van der Waals surface area contributed by atoms with Gasteiger partial charge in [0.1, 0.15) is 0 Å². The first kappa shape index (κ1) is 21.8. The summed E-state index contributed by atoms with van der Waals surface area (Å²) in [5.74, 6) is -0.941. The van der Waals surface area contributed by atoms with Crippen molar-refractivity contribution in [3.8, 4) is 5.75 Å². The number of amides is 1. The number of anilines is 1. The fourth-order valence-corrected chi connectivity index (χ4v) is 3.39. The Morgan fingerprint density at radius 2 is 1.84 bits per heavy atom. The summed E-state index contributed by atoms with van der Waals surface area (Å²) in [4.78, 5) is 38.2. The molecule has 1 aliphatic heterocycles. The molecule has 0 unspecified atom stereocenters. The van der Waals surface area contributed by atoms with E-state index in [0.717, 1.165) is 5.56 Å². The first-order chi connectivity index (χ1) is 14.8. The second-order valence-corrected chi connectivity index (χ2v) is 6.90. The molecule has 3 rings (SSSR count). The fourth-order valence-electron chi connectivity index (χ4n) is 3.39. The number of rotatable bonds is 6. The lowest BCUT2D eigenvalue weighted by atomic mass is 10.0. The molecule has 2 aromatic rings. The van der Waals surface area contributed by atoms with Crippen molar-refractivity contribution >= 4 is 29.3 Å². The Hall–Kier alpha value is -3.94. The predicted octanol–water partition coefficient (Wildman–Crippen LogP) is 4.18. The van der Waals surface area contributed by atoms with Crippen LogP contribution in [0, 0.1) is 17.0 Å². The summed E-state index contributed by atoms with van der Waals surface area (Å²) >= 11 is 0. The van der Waals surface area contributed by atoms with Crippen molar-refractivity contribution < 1.29 is 24.0 Å². The zero-order chi connectivity index (χ0) is 22.7. The number of nitro benzene ring substituents is 1. The smallest absolute Gasteiger partial charge is 0.340 e. The summed E-state index contributed by atoms with van der Waals surface area (Å²) in [6, 6.07) is 11.6. The van der Waals surface area contributed by atoms with Crippen molar-refractivity contribution in [2.45, 2.75) is 20.8 Å². The number of hydrogen-bond donors (Lipinski definition) is 0. The van der Waals surface area contributed by atoms with Crippen molar-refractivity contribution in [1.29, 1.82) is 0 Å². The number of methoxy groups -OCH3 is 1. The van der Waals surface area contributed by atoms with Crippen molar-refractivity contribution in [1.82, 2.24) is 0 Å². The third kappa shape index (κ3) is 4.18. The molecule has 8 nitrogen and oxygen atoms in total. The van der Waals surface area contributed by atoms with Crippen LogP contribution in [0.1, 0.15) is 25.0 Å². The summed E-state index contributed by atoms with van der Waals surface area (Å²) in [5.41, 5.74) is 2.46. The average molecular weight is 422 g/mol. The third-order valence-corrected chi connectivity index (χ3v) is 4.88. The SMILES string of the molecule is CCOC(=O)C1=C(C)N(c2ccc(C)cc2)C(=O)/C1=C\c1ccc(OC)c([N+](=O)[O-])c1. The van der Waals surface area contributed by atoms with Crippen LogP contribution >= 0.6 is 0 Å². The van der Waals surface area contributed by atoms with Crippen LogP contribution in [-0.2, 0) is 14.3 Å². The summed E-state index contributed by atoms with van der Waals surface area (Å²) in [5, 5.41) is 11.4. The Labute approximate surface area is 179 Å². The Morgan fingerprint density at radius 3 is 2.42 bits per heavy atom. The Bertz CT molecular complexity index is 1120. The second kappa shape index (κ2) is 8.83. The van der Waals surface area contributed by atoms with Gasteiger partial charge in [-0.05, 0) is 50.6 Å². The van der Waals surface area contributed by atoms with Gasteiger partial charge < -0.3 is 9.47 Å². The molecule has 1 heterocycles. The first-order valence-corrected chi connectivity index (χ1v) is 9.62. The predicted molar refractivity (Wildman–Crippen MR) is 116 cm³/mol. The molecule has 1 aliphatic rings. The molecule has 8 heteroatoms. The number of allylic oxidation sites excluding steroid dienone is 1. The van der Waals surface area contributed by atoms with E-state index in [-0.39, 0.29) is 29.2 Å². The highest BCUT2D eigenvalue weighted by Crippen LogP contribution is 2.36. The zero-order valence-corrected chi connectivity index (χ0v) is 17.7. The molecular weight excluding hydrogens is 400 g/mol. The van der Waals surface area contributed by atoms with Crippen LogP contribution in [0.15, 0.2) is 59.3 Å². The normalized spacial score (nSPS) is 14.9. The van der Waals surface area contributed by atoms with Gasteiger partial charge in [0, 0.05) is 17.5 Å². The summed E-state index contributed by atoms with van der Waals surface area (Å²) in [7, 11) is 1.34. The molecule has 0 N–H and O–H groups in total. The van der Waals surface area contributed by atoms with Crippen LogP contribution in [0.25, 0.3) is 6.08 Å². The van der Waals surface area contributed by atoms with Crippen LogP contribution in [0.5, 0.6) is 5.75 Å². The minimum atomic E-state index is -0.628. The summed E-state index contributed by atoms with van der Waals surface area (Å²) in [6.07, 6.45) is 1.46. The van der Waals surface area contributed by atoms with Crippen LogP contribution in [-0.4, -0.2) is 30.5 Å². The first-order valence-electron chi connectivity index (χ1n) is 9.62. The highest BCUT2D eigenvalue weighted by atomic mass is 16.6. The van der Waals surface area contributed by atoms with Crippen LogP contribution in [0.2, 0.25) is 0 Å². The molecule has 0 spiro atoms. The molecule has 160 valence electrons. The van der Waals surface area contributed by atoms with Gasteiger partial charge in [0.2, 0.25) is 0 Å². The van der Waals surface area contributed by atoms with E-state index in [1.54, 1.807) is 32.0 Å². The molecule has 0 radical (unpaired) electrons. The van der Waals surface area contributed by atoms with Gasteiger partial charge in [-0.1, -0.05) is 23.8 Å². The van der Waals surface area contributed by atoms with E-state index in [4.69, 9.17) is 9.47 Å². The highest BCUT2D eigenvalue weighted by Gasteiger charge is 2.38. The van der Waals surface area contributed by atoms with E-state index in [1.165, 1.54) is 30.2 Å². The van der Waals surface area contributed by atoms with E-state index < -0.39 is 16.8 Å². The number of nitrogens with zero attached hydrogens (tertiary/aromatic N) is 2. The fraction of sp³-hybridized carbons (Fsp3) is 0.217. The lowest BCUT2D eigenvalue weighted by molar-refractivity contribution is -0.385. The van der Waals surface area contributed by atoms with E-state index in [2.05, 4.69) is 0 Å². The lowest BCUT2D eigenvalue weighted by Gasteiger charge is -2.18. The number of esters is 1. The topological polar surface area (TPSA) is 99.0 Å². The van der Waals surface area contributed by atoms with E-state index in [1.807, 2.05) is 19.1 Å². The number of hydrogen-bond acceptors (Lipinski definition) is 6.